The zero-order valence-corrected chi connectivity index (χ0v) is 10.9. The maximum absolute atomic E-state index is 5.90. The van der Waals surface area contributed by atoms with E-state index in [1.54, 1.807) is 0 Å². The van der Waals surface area contributed by atoms with E-state index in [1.807, 2.05) is 0 Å². The van der Waals surface area contributed by atoms with Crippen molar-refractivity contribution in [3.63, 3.8) is 0 Å². The first-order valence-corrected chi connectivity index (χ1v) is 6.46. The van der Waals surface area contributed by atoms with Crippen LogP contribution >= 0.6 is 0 Å². The van der Waals surface area contributed by atoms with E-state index in [-0.39, 0.29) is 0 Å². The molecule has 1 rings (SSSR count). The lowest BCUT2D eigenvalue weighted by molar-refractivity contribution is 0.318. The molecule has 0 aliphatic carbocycles. The van der Waals surface area contributed by atoms with Gasteiger partial charge in [0.05, 0.1) is 0 Å². The maximum Gasteiger partial charge on any atom is -0.00430 e. The summed E-state index contributed by atoms with van der Waals surface area (Å²) in [5.74, 6) is 1.41. The van der Waals surface area contributed by atoms with Gasteiger partial charge in [0.15, 0.2) is 0 Å². The Hall–Kier alpha value is -0.820. The largest absolute Gasteiger partial charge is 0.330 e. The van der Waals surface area contributed by atoms with E-state index in [2.05, 4.69) is 45.0 Å². The molecule has 1 atom stereocenters. The van der Waals surface area contributed by atoms with Gasteiger partial charge in [-0.1, -0.05) is 56.5 Å². The highest BCUT2D eigenvalue weighted by Crippen LogP contribution is 2.22. The Morgan fingerprint density at radius 3 is 2.00 bits per heavy atom. The van der Waals surface area contributed by atoms with Crippen molar-refractivity contribution in [2.45, 2.75) is 40.0 Å². The third-order valence-electron chi connectivity index (χ3n) is 3.64. The zero-order chi connectivity index (χ0) is 12.0. The van der Waals surface area contributed by atoms with Crippen LogP contribution in [-0.4, -0.2) is 6.54 Å². The van der Waals surface area contributed by atoms with Crippen LogP contribution in [0.5, 0.6) is 0 Å². The summed E-state index contributed by atoms with van der Waals surface area (Å²) in [6.07, 6.45) is 3.61. The van der Waals surface area contributed by atoms with E-state index in [9.17, 15) is 0 Å². The first kappa shape index (κ1) is 13.2. The monoisotopic (exact) mass is 219 g/mol. The molecule has 0 aromatic heterocycles. The van der Waals surface area contributed by atoms with Crippen molar-refractivity contribution >= 4 is 0 Å². The zero-order valence-electron chi connectivity index (χ0n) is 10.9. The number of hydrogen-bond acceptors (Lipinski definition) is 1. The molecule has 0 saturated heterocycles. The fraction of sp³-hybridized carbons (Fsp3) is 0.600. The Kier molecular flexibility index (Phi) is 5.54. The average Bonchev–Trinajstić information content (AvgIpc) is 2.32. The molecule has 0 fully saturated rings. The van der Waals surface area contributed by atoms with E-state index < -0.39 is 0 Å². The Morgan fingerprint density at radius 1 is 1.00 bits per heavy atom. The molecule has 0 radical (unpaired) electrons. The summed E-state index contributed by atoms with van der Waals surface area (Å²) in [4.78, 5) is 0. The van der Waals surface area contributed by atoms with Gasteiger partial charge in [-0.05, 0) is 37.3 Å². The van der Waals surface area contributed by atoms with Gasteiger partial charge in [-0.3, -0.25) is 0 Å². The number of hydrogen-bond donors (Lipinski definition) is 1. The highest BCUT2D eigenvalue weighted by atomic mass is 14.6. The van der Waals surface area contributed by atoms with Gasteiger partial charge in [-0.2, -0.15) is 0 Å². The van der Waals surface area contributed by atoms with E-state index in [0.29, 0.717) is 5.92 Å². The highest BCUT2D eigenvalue weighted by Gasteiger charge is 2.17. The summed E-state index contributed by atoms with van der Waals surface area (Å²) in [5.41, 5.74) is 8.66. The summed E-state index contributed by atoms with van der Waals surface area (Å²) < 4.78 is 0. The maximum atomic E-state index is 5.90. The Bertz CT molecular complexity index is 285. The normalized spacial score (nSPS) is 13.1. The summed E-state index contributed by atoms with van der Waals surface area (Å²) in [6.45, 7) is 7.48. The first-order chi connectivity index (χ1) is 7.71. The Balaban J connectivity index is 2.65. The molecule has 90 valence electrons. The molecular formula is C15H25N. The first-order valence-electron chi connectivity index (χ1n) is 6.46. The summed E-state index contributed by atoms with van der Waals surface area (Å²) in [5, 5.41) is 0. The number of aryl methyl sites for hydroxylation is 1. The molecule has 0 spiro atoms. The predicted octanol–water partition coefficient (Wildman–Crippen LogP) is 3.55. The molecule has 0 aliphatic rings. The van der Waals surface area contributed by atoms with Crippen LogP contribution < -0.4 is 5.73 Å². The van der Waals surface area contributed by atoms with Crippen molar-refractivity contribution in [1.29, 1.82) is 0 Å². The van der Waals surface area contributed by atoms with Gasteiger partial charge in [0.25, 0.3) is 0 Å². The van der Waals surface area contributed by atoms with Crippen molar-refractivity contribution in [2.24, 2.45) is 17.6 Å². The van der Waals surface area contributed by atoms with Crippen molar-refractivity contribution in [3.8, 4) is 0 Å². The van der Waals surface area contributed by atoms with E-state index in [1.165, 1.54) is 24.0 Å². The predicted molar refractivity (Wildman–Crippen MR) is 71.5 cm³/mol. The van der Waals surface area contributed by atoms with Crippen LogP contribution in [0.3, 0.4) is 0 Å². The fourth-order valence-corrected chi connectivity index (χ4v) is 2.42. The minimum Gasteiger partial charge on any atom is -0.330 e. The van der Waals surface area contributed by atoms with Gasteiger partial charge >= 0.3 is 0 Å². The van der Waals surface area contributed by atoms with Gasteiger partial charge in [-0.15, -0.1) is 0 Å². The number of benzene rings is 1. The SMILES string of the molecule is CCC(CC)C(CN)Cc1ccc(C)cc1. The molecule has 0 bridgehead atoms. The Morgan fingerprint density at radius 2 is 1.56 bits per heavy atom. The van der Waals surface area contributed by atoms with Crippen LogP contribution in [0.1, 0.15) is 37.8 Å². The second-order valence-electron chi connectivity index (χ2n) is 4.76. The van der Waals surface area contributed by atoms with Gasteiger partial charge in [0.2, 0.25) is 0 Å². The Labute approximate surface area is 100 Å². The second-order valence-corrected chi connectivity index (χ2v) is 4.76. The molecule has 1 aromatic carbocycles. The van der Waals surface area contributed by atoms with Crippen LogP contribution in [0.2, 0.25) is 0 Å². The van der Waals surface area contributed by atoms with Crippen molar-refractivity contribution in [1.82, 2.24) is 0 Å². The number of nitrogens with two attached hydrogens (primary N) is 1. The smallest absolute Gasteiger partial charge is 0.00430 e. The van der Waals surface area contributed by atoms with Crippen molar-refractivity contribution < 1.29 is 0 Å². The quantitative estimate of drug-likeness (QED) is 0.778. The summed E-state index contributed by atoms with van der Waals surface area (Å²) in [6, 6.07) is 8.85. The molecule has 0 aliphatic heterocycles. The molecule has 1 aromatic rings. The molecule has 0 heterocycles. The van der Waals surface area contributed by atoms with Crippen LogP contribution in [0.15, 0.2) is 24.3 Å². The molecule has 16 heavy (non-hydrogen) atoms. The van der Waals surface area contributed by atoms with Gasteiger partial charge in [0.1, 0.15) is 0 Å². The third kappa shape index (κ3) is 3.64. The van der Waals surface area contributed by atoms with Crippen LogP contribution in [0, 0.1) is 18.8 Å². The minimum absolute atomic E-state index is 0.637. The molecule has 0 saturated carbocycles. The lowest BCUT2D eigenvalue weighted by atomic mass is 9.83. The van der Waals surface area contributed by atoms with Gasteiger partial charge in [-0.25, -0.2) is 0 Å². The average molecular weight is 219 g/mol. The molecule has 1 heteroatoms. The van der Waals surface area contributed by atoms with Crippen molar-refractivity contribution in [2.75, 3.05) is 6.54 Å². The lowest BCUT2D eigenvalue weighted by Gasteiger charge is -2.24. The molecule has 1 nitrogen and oxygen atoms in total. The van der Waals surface area contributed by atoms with Crippen LogP contribution in [-0.2, 0) is 6.42 Å². The highest BCUT2D eigenvalue weighted by molar-refractivity contribution is 5.21. The topological polar surface area (TPSA) is 26.0 Å². The summed E-state index contributed by atoms with van der Waals surface area (Å²) in [7, 11) is 0. The molecule has 0 amide bonds. The van der Waals surface area contributed by atoms with Crippen LogP contribution in [0.25, 0.3) is 0 Å². The van der Waals surface area contributed by atoms with E-state index in [4.69, 9.17) is 5.73 Å². The summed E-state index contributed by atoms with van der Waals surface area (Å²) >= 11 is 0. The minimum atomic E-state index is 0.637. The third-order valence-corrected chi connectivity index (χ3v) is 3.64. The standard InChI is InChI=1S/C15H25N/c1-4-14(5-2)15(11-16)10-13-8-6-12(3)7-9-13/h6-9,14-15H,4-5,10-11,16H2,1-3H3. The van der Waals surface area contributed by atoms with Gasteiger partial charge in [0, 0.05) is 0 Å². The molecule has 1 unspecified atom stereocenters. The van der Waals surface area contributed by atoms with Gasteiger partial charge < -0.3 is 5.73 Å². The van der Waals surface area contributed by atoms with E-state index >= 15 is 0 Å². The molecular weight excluding hydrogens is 194 g/mol. The lowest BCUT2D eigenvalue weighted by Crippen LogP contribution is -2.24. The molecule has 2 N–H and O–H groups in total. The van der Waals surface area contributed by atoms with Crippen LogP contribution in [0.4, 0.5) is 0 Å². The number of rotatable bonds is 6. The fourth-order valence-electron chi connectivity index (χ4n) is 2.42. The van der Waals surface area contributed by atoms with Crippen molar-refractivity contribution in [3.05, 3.63) is 35.4 Å². The van der Waals surface area contributed by atoms with E-state index in [0.717, 1.165) is 18.9 Å². The second kappa shape index (κ2) is 6.70.